The summed E-state index contributed by atoms with van der Waals surface area (Å²) in [7, 11) is 0. The molecule has 0 saturated carbocycles. The summed E-state index contributed by atoms with van der Waals surface area (Å²) in [6.45, 7) is 5.95. The van der Waals surface area contributed by atoms with Crippen molar-refractivity contribution in [1.29, 1.82) is 0 Å². The smallest absolute Gasteiger partial charge is 0.354 e. The Bertz CT molecular complexity index is 1300. The Kier molecular flexibility index (Phi) is 11.5. The van der Waals surface area contributed by atoms with Crippen molar-refractivity contribution in [3.63, 3.8) is 0 Å². The normalized spacial score (nSPS) is 21.6. The molecular weight excluding hydrogens is 552 g/mol. The summed E-state index contributed by atoms with van der Waals surface area (Å²) in [4.78, 5) is 53.7. The standard InChI is InChI=1S/C30H33ClN2O6S/c1-4-12-39-30(38)27(32-25(35)14-20-8-6-5-7-9-20)28-33-26(29(36)37)22(17-40-28)11-10-21-15-23(16-24(31)34)19(3)13-18(21)2/h5-11,13,15,19,27-28H,4,12,14,16-17H2,1-3H3,(H,32,35)(H,36,37)/b21-10-,22-11+. The van der Waals surface area contributed by atoms with E-state index >= 15 is 0 Å². The summed E-state index contributed by atoms with van der Waals surface area (Å²) >= 11 is 6.85. The number of halogens is 1. The highest BCUT2D eigenvalue weighted by Crippen LogP contribution is 2.31. The summed E-state index contributed by atoms with van der Waals surface area (Å²) in [5, 5.41) is 11.3. The molecule has 40 heavy (non-hydrogen) atoms. The van der Waals surface area contributed by atoms with Gasteiger partial charge in [-0.2, -0.15) is 0 Å². The van der Waals surface area contributed by atoms with E-state index in [1.807, 2.05) is 51.1 Å². The van der Waals surface area contributed by atoms with Gasteiger partial charge in [0.25, 0.3) is 0 Å². The van der Waals surface area contributed by atoms with E-state index in [1.165, 1.54) is 11.8 Å². The number of allylic oxidation sites excluding steroid dienone is 7. The number of ether oxygens (including phenoxy) is 1. The Morgan fingerprint density at radius 3 is 2.58 bits per heavy atom. The number of amides is 1. The maximum absolute atomic E-state index is 12.9. The maximum atomic E-state index is 12.9. The lowest BCUT2D eigenvalue weighted by molar-refractivity contribution is -0.147. The van der Waals surface area contributed by atoms with E-state index in [-0.39, 0.29) is 36.8 Å². The Morgan fingerprint density at radius 2 is 1.93 bits per heavy atom. The molecule has 2 N–H and O–H groups in total. The molecule has 0 bridgehead atoms. The minimum atomic E-state index is -1.24. The fourth-order valence-corrected chi connectivity index (χ4v) is 5.58. The van der Waals surface area contributed by atoms with E-state index in [0.717, 1.165) is 22.3 Å². The van der Waals surface area contributed by atoms with Crippen LogP contribution in [0, 0.1) is 5.92 Å². The van der Waals surface area contributed by atoms with E-state index in [4.69, 9.17) is 16.3 Å². The molecule has 1 aliphatic heterocycles. The van der Waals surface area contributed by atoms with Gasteiger partial charge in [-0.05, 0) is 53.1 Å². The van der Waals surface area contributed by atoms with Gasteiger partial charge in [-0.3, -0.25) is 14.6 Å². The third kappa shape index (κ3) is 8.79. The van der Waals surface area contributed by atoms with Crippen molar-refractivity contribution in [3.8, 4) is 0 Å². The van der Waals surface area contributed by atoms with Crippen LogP contribution in [0.25, 0.3) is 0 Å². The lowest BCUT2D eigenvalue weighted by Gasteiger charge is -2.27. The van der Waals surface area contributed by atoms with Crippen molar-refractivity contribution in [2.24, 2.45) is 10.9 Å². The van der Waals surface area contributed by atoms with Crippen LogP contribution in [0.2, 0.25) is 0 Å². The number of aliphatic carboxylic acids is 1. The van der Waals surface area contributed by atoms with Gasteiger partial charge in [-0.1, -0.05) is 74.1 Å². The quantitative estimate of drug-likeness (QED) is 0.283. The molecule has 1 amide bonds. The summed E-state index contributed by atoms with van der Waals surface area (Å²) in [6, 6.07) is 7.95. The second kappa shape index (κ2) is 14.8. The van der Waals surface area contributed by atoms with Gasteiger partial charge >= 0.3 is 11.9 Å². The molecule has 0 spiro atoms. The summed E-state index contributed by atoms with van der Waals surface area (Å²) in [5.74, 6) is -1.97. The topological polar surface area (TPSA) is 122 Å². The number of carbonyl (C=O) groups is 4. The SMILES string of the molecule is CCCOC(=O)C(NC(=O)Cc1ccccc1)C1N=C(C(=O)O)/C(=C/C=C2/C=C(CC(=O)Cl)C(C)C=C2C)CS1. The van der Waals surface area contributed by atoms with Crippen LogP contribution in [-0.2, 0) is 30.3 Å². The molecule has 0 fully saturated rings. The first kappa shape index (κ1) is 31.1. The highest BCUT2D eigenvalue weighted by molar-refractivity contribution is 8.00. The number of esters is 1. The van der Waals surface area contributed by atoms with Crippen LogP contribution in [-0.4, -0.2) is 57.7 Å². The van der Waals surface area contributed by atoms with Gasteiger partial charge in [-0.25, -0.2) is 9.59 Å². The molecule has 1 heterocycles. The Morgan fingerprint density at radius 1 is 1.20 bits per heavy atom. The minimum Gasteiger partial charge on any atom is -0.477 e. The highest BCUT2D eigenvalue weighted by atomic mass is 35.5. The van der Waals surface area contributed by atoms with Gasteiger partial charge < -0.3 is 15.2 Å². The molecule has 212 valence electrons. The average Bonchev–Trinajstić information content (AvgIpc) is 2.91. The van der Waals surface area contributed by atoms with Crippen LogP contribution in [0.5, 0.6) is 0 Å². The third-order valence-corrected chi connectivity index (χ3v) is 7.70. The summed E-state index contributed by atoms with van der Waals surface area (Å²) in [5.41, 5.74) is 3.76. The van der Waals surface area contributed by atoms with E-state index in [0.29, 0.717) is 12.0 Å². The number of rotatable bonds is 11. The Hall–Kier alpha value is -3.43. The number of thioether (sulfide) groups is 1. The van der Waals surface area contributed by atoms with Crippen molar-refractivity contribution < 1.29 is 29.0 Å². The second-order valence-electron chi connectivity index (χ2n) is 9.56. The Labute approximate surface area is 243 Å². The highest BCUT2D eigenvalue weighted by Gasteiger charge is 2.36. The zero-order chi connectivity index (χ0) is 29.2. The van der Waals surface area contributed by atoms with Crippen molar-refractivity contribution in [2.75, 3.05) is 12.4 Å². The fraction of sp³-hybridized carbons (Fsp3) is 0.367. The molecule has 1 aromatic rings. The molecule has 1 aromatic carbocycles. The molecule has 0 aromatic heterocycles. The number of carboxylic acids is 1. The zero-order valence-corrected chi connectivity index (χ0v) is 24.3. The van der Waals surface area contributed by atoms with Gasteiger partial charge in [-0.15, -0.1) is 11.8 Å². The minimum absolute atomic E-state index is 0.0559. The lowest BCUT2D eigenvalue weighted by atomic mass is 9.86. The predicted molar refractivity (Wildman–Crippen MR) is 157 cm³/mol. The van der Waals surface area contributed by atoms with Crippen molar-refractivity contribution >= 4 is 52.2 Å². The molecule has 0 saturated heterocycles. The molecule has 3 unspecified atom stereocenters. The van der Waals surface area contributed by atoms with Crippen LogP contribution in [0.15, 0.2) is 81.9 Å². The number of carbonyl (C=O) groups excluding carboxylic acids is 3. The fourth-order valence-electron chi connectivity index (χ4n) is 4.29. The predicted octanol–water partition coefficient (Wildman–Crippen LogP) is 4.80. The van der Waals surface area contributed by atoms with E-state index < -0.39 is 34.5 Å². The third-order valence-electron chi connectivity index (χ3n) is 6.37. The number of benzene rings is 1. The van der Waals surface area contributed by atoms with Crippen LogP contribution >= 0.6 is 23.4 Å². The number of nitrogens with one attached hydrogen (secondary N) is 1. The van der Waals surface area contributed by atoms with Gasteiger partial charge in [0.1, 0.15) is 11.1 Å². The van der Waals surface area contributed by atoms with Crippen LogP contribution in [0.4, 0.5) is 0 Å². The number of aliphatic imine (C=N–C) groups is 1. The second-order valence-corrected chi connectivity index (χ2v) is 11.1. The van der Waals surface area contributed by atoms with E-state index in [1.54, 1.807) is 24.3 Å². The van der Waals surface area contributed by atoms with Gasteiger partial charge in [0, 0.05) is 12.2 Å². The maximum Gasteiger partial charge on any atom is 0.354 e. The number of hydrogen-bond acceptors (Lipinski definition) is 7. The van der Waals surface area contributed by atoms with E-state index in [2.05, 4.69) is 10.3 Å². The molecule has 0 radical (unpaired) electrons. The average molecular weight is 585 g/mol. The molecule has 2 aliphatic rings. The zero-order valence-electron chi connectivity index (χ0n) is 22.7. The summed E-state index contributed by atoms with van der Waals surface area (Å²) < 4.78 is 5.31. The number of nitrogens with zero attached hydrogens (tertiary/aromatic N) is 1. The van der Waals surface area contributed by atoms with Gasteiger partial charge in [0.05, 0.1) is 13.0 Å². The monoisotopic (exact) mass is 584 g/mol. The van der Waals surface area contributed by atoms with Gasteiger partial charge in [0.15, 0.2) is 6.04 Å². The van der Waals surface area contributed by atoms with Crippen molar-refractivity contribution in [1.82, 2.24) is 5.32 Å². The van der Waals surface area contributed by atoms with Crippen LogP contribution < -0.4 is 5.32 Å². The largest absolute Gasteiger partial charge is 0.477 e. The molecule has 10 heteroatoms. The van der Waals surface area contributed by atoms with Gasteiger partial charge in [0.2, 0.25) is 11.1 Å². The number of hydrogen-bond donors (Lipinski definition) is 2. The molecule has 3 rings (SSSR count). The summed E-state index contributed by atoms with van der Waals surface area (Å²) in [6.07, 6.45) is 8.19. The van der Waals surface area contributed by atoms with Crippen molar-refractivity contribution in [3.05, 3.63) is 82.5 Å². The first-order valence-corrected chi connectivity index (χ1v) is 14.4. The molecule has 8 nitrogen and oxygen atoms in total. The van der Waals surface area contributed by atoms with E-state index in [9.17, 15) is 24.3 Å². The number of carboxylic acid groups (broad SMARTS) is 1. The molecule has 3 atom stereocenters. The van der Waals surface area contributed by atoms with Crippen LogP contribution in [0.3, 0.4) is 0 Å². The first-order valence-electron chi connectivity index (χ1n) is 13.0. The first-order chi connectivity index (χ1) is 19.1. The van der Waals surface area contributed by atoms with Crippen LogP contribution in [0.1, 0.15) is 39.2 Å². The lowest BCUT2D eigenvalue weighted by Crippen LogP contribution is -2.49. The molecular formula is C30H33ClN2O6S. The Balaban J connectivity index is 1.87. The molecule has 1 aliphatic carbocycles. The van der Waals surface area contributed by atoms with Crippen molar-refractivity contribution in [2.45, 2.75) is 51.4 Å².